The van der Waals surface area contributed by atoms with Gasteiger partial charge in [-0.15, -0.1) is 0 Å². The van der Waals surface area contributed by atoms with Gasteiger partial charge in [-0.3, -0.25) is 4.98 Å². The number of pyridine rings is 1. The van der Waals surface area contributed by atoms with Crippen molar-refractivity contribution < 1.29 is 4.74 Å². The van der Waals surface area contributed by atoms with E-state index in [1.165, 1.54) is 5.56 Å². The Morgan fingerprint density at radius 2 is 1.79 bits per heavy atom. The zero-order valence-electron chi connectivity index (χ0n) is 11.5. The minimum Gasteiger partial charge on any atom is -0.487 e. The van der Waals surface area contributed by atoms with Gasteiger partial charge >= 0.3 is 0 Å². The molecule has 2 aromatic rings. The second-order valence-corrected chi connectivity index (χ2v) is 5.96. The first-order valence-electron chi connectivity index (χ1n) is 6.29. The molecule has 0 aliphatic rings. The number of benzene rings is 1. The van der Waals surface area contributed by atoms with Crippen LogP contribution in [0.15, 0.2) is 42.6 Å². The average molecular weight is 276 g/mol. The average Bonchev–Trinajstić information content (AvgIpc) is 2.36. The van der Waals surface area contributed by atoms with Gasteiger partial charge in [0, 0.05) is 11.2 Å². The van der Waals surface area contributed by atoms with Crippen LogP contribution in [0.1, 0.15) is 32.0 Å². The van der Waals surface area contributed by atoms with Crippen LogP contribution >= 0.6 is 11.6 Å². The molecule has 2 nitrogen and oxygen atoms in total. The monoisotopic (exact) mass is 275 g/mol. The Labute approximate surface area is 119 Å². The number of ether oxygens (including phenoxy) is 1. The molecule has 3 heteroatoms. The van der Waals surface area contributed by atoms with Crippen LogP contribution < -0.4 is 4.74 Å². The molecule has 0 amide bonds. The quantitative estimate of drug-likeness (QED) is 0.816. The first-order valence-corrected chi connectivity index (χ1v) is 6.67. The molecule has 0 aliphatic heterocycles. The molecule has 0 atom stereocenters. The summed E-state index contributed by atoms with van der Waals surface area (Å²) in [7, 11) is 0. The molecule has 1 aromatic carbocycles. The number of hydrogen-bond acceptors (Lipinski definition) is 2. The summed E-state index contributed by atoms with van der Waals surface area (Å²) in [6.45, 7) is 7.01. The lowest BCUT2D eigenvalue weighted by Crippen LogP contribution is -2.10. The van der Waals surface area contributed by atoms with Gasteiger partial charge in [0.05, 0.1) is 5.69 Å². The predicted octanol–water partition coefficient (Wildman–Crippen LogP) is 4.61. The summed E-state index contributed by atoms with van der Waals surface area (Å²) >= 11 is 5.90. The van der Waals surface area contributed by atoms with Crippen LogP contribution in [0.3, 0.4) is 0 Å². The molecule has 1 aromatic heterocycles. The largest absolute Gasteiger partial charge is 0.487 e. The third-order valence-corrected chi connectivity index (χ3v) is 3.12. The van der Waals surface area contributed by atoms with Crippen molar-refractivity contribution in [3.05, 3.63) is 58.9 Å². The summed E-state index contributed by atoms with van der Waals surface area (Å²) < 4.78 is 5.69. The standard InChI is InChI=1S/C16H18ClNO/c1-16(2,3)12-4-6-15(7-5-12)19-11-14-10-13(17)8-9-18-14/h4-10H,11H2,1-3H3. The fraction of sp³-hybridized carbons (Fsp3) is 0.312. The van der Waals surface area contributed by atoms with Gasteiger partial charge in [0.25, 0.3) is 0 Å². The highest BCUT2D eigenvalue weighted by Crippen LogP contribution is 2.24. The first kappa shape index (κ1) is 13.9. The van der Waals surface area contributed by atoms with Crippen LogP contribution in [0.25, 0.3) is 0 Å². The van der Waals surface area contributed by atoms with E-state index < -0.39 is 0 Å². The second kappa shape index (κ2) is 5.62. The lowest BCUT2D eigenvalue weighted by Gasteiger charge is -2.19. The molecule has 2 rings (SSSR count). The molecule has 0 N–H and O–H groups in total. The van der Waals surface area contributed by atoms with Crippen LogP contribution in [-0.2, 0) is 12.0 Å². The number of hydrogen-bond donors (Lipinski definition) is 0. The van der Waals surface area contributed by atoms with E-state index in [9.17, 15) is 0 Å². The maximum absolute atomic E-state index is 5.90. The molecule has 0 saturated heterocycles. The van der Waals surface area contributed by atoms with Gasteiger partial charge in [-0.2, -0.15) is 0 Å². The van der Waals surface area contributed by atoms with Gasteiger partial charge in [0.2, 0.25) is 0 Å². The Hall–Kier alpha value is -1.54. The van der Waals surface area contributed by atoms with Crippen molar-refractivity contribution in [1.29, 1.82) is 0 Å². The zero-order valence-corrected chi connectivity index (χ0v) is 12.2. The molecule has 0 aliphatic carbocycles. The first-order chi connectivity index (χ1) is 8.95. The number of nitrogens with zero attached hydrogens (tertiary/aromatic N) is 1. The lowest BCUT2D eigenvalue weighted by atomic mass is 9.87. The second-order valence-electron chi connectivity index (χ2n) is 5.53. The van der Waals surface area contributed by atoms with Crippen LogP contribution in [0.4, 0.5) is 0 Å². The van der Waals surface area contributed by atoms with Gasteiger partial charge in [0.1, 0.15) is 12.4 Å². The third kappa shape index (κ3) is 3.97. The van der Waals surface area contributed by atoms with Crippen molar-refractivity contribution in [3.63, 3.8) is 0 Å². The van der Waals surface area contributed by atoms with Crippen molar-refractivity contribution >= 4 is 11.6 Å². The minimum absolute atomic E-state index is 0.160. The van der Waals surface area contributed by atoms with Crippen molar-refractivity contribution in [2.45, 2.75) is 32.8 Å². The summed E-state index contributed by atoms with van der Waals surface area (Å²) in [5, 5.41) is 0.677. The molecular formula is C16H18ClNO. The Morgan fingerprint density at radius 1 is 1.11 bits per heavy atom. The van der Waals surface area contributed by atoms with E-state index in [1.807, 2.05) is 18.2 Å². The predicted molar refractivity (Wildman–Crippen MR) is 78.7 cm³/mol. The number of aromatic nitrogens is 1. The van der Waals surface area contributed by atoms with E-state index in [0.29, 0.717) is 11.6 Å². The highest BCUT2D eigenvalue weighted by atomic mass is 35.5. The molecule has 0 spiro atoms. The van der Waals surface area contributed by atoms with E-state index in [2.05, 4.69) is 37.9 Å². The van der Waals surface area contributed by atoms with Gasteiger partial charge in [-0.1, -0.05) is 44.5 Å². The van der Waals surface area contributed by atoms with Crippen molar-refractivity contribution in [2.24, 2.45) is 0 Å². The highest BCUT2D eigenvalue weighted by molar-refractivity contribution is 6.30. The molecule has 19 heavy (non-hydrogen) atoms. The molecular weight excluding hydrogens is 258 g/mol. The number of rotatable bonds is 3. The van der Waals surface area contributed by atoms with Crippen LogP contribution in [-0.4, -0.2) is 4.98 Å². The van der Waals surface area contributed by atoms with Crippen molar-refractivity contribution in [1.82, 2.24) is 4.98 Å². The smallest absolute Gasteiger partial charge is 0.130 e. The Balaban J connectivity index is 2.01. The zero-order chi connectivity index (χ0) is 13.9. The van der Waals surface area contributed by atoms with Gasteiger partial charge in [0.15, 0.2) is 0 Å². The Morgan fingerprint density at radius 3 is 2.37 bits per heavy atom. The van der Waals surface area contributed by atoms with Gasteiger partial charge in [-0.05, 0) is 35.2 Å². The normalized spacial score (nSPS) is 11.4. The fourth-order valence-corrected chi connectivity index (χ4v) is 1.92. The van der Waals surface area contributed by atoms with E-state index in [1.54, 1.807) is 12.3 Å². The maximum Gasteiger partial charge on any atom is 0.130 e. The fourth-order valence-electron chi connectivity index (χ4n) is 1.74. The molecule has 0 radical (unpaired) electrons. The summed E-state index contributed by atoms with van der Waals surface area (Å²) in [4.78, 5) is 4.20. The van der Waals surface area contributed by atoms with Crippen LogP contribution in [0, 0.1) is 0 Å². The van der Waals surface area contributed by atoms with Crippen molar-refractivity contribution in [2.75, 3.05) is 0 Å². The van der Waals surface area contributed by atoms with E-state index in [0.717, 1.165) is 11.4 Å². The molecule has 1 heterocycles. The summed E-state index contributed by atoms with van der Waals surface area (Å²) in [5.74, 6) is 0.842. The van der Waals surface area contributed by atoms with Crippen LogP contribution in [0.2, 0.25) is 5.02 Å². The maximum atomic E-state index is 5.90. The highest BCUT2D eigenvalue weighted by Gasteiger charge is 2.12. The van der Waals surface area contributed by atoms with E-state index in [4.69, 9.17) is 16.3 Å². The number of halogens is 1. The third-order valence-electron chi connectivity index (χ3n) is 2.89. The summed E-state index contributed by atoms with van der Waals surface area (Å²) in [6.07, 6.45) is 1.68. The SMILES string of the molecule is CC(C)(C)c1ccc(OCc2cc(Cl)ccn2)cc1. The molecule has 0 bridgehead atoms. The van der Waals surface area contributed by atoms with Crippen molar-refractivity contribution in [3.8, 4) is 5.75 Å². The summed E-state index contributed by atoms with van der Waals surface area (Å²) in [5.41, 5.74) is 2.28. The molecule has 0 saturated carbocycles. The van der Waals surface area contributed by atoms with E-state index in [-0.39, 0.29) is 5.41 Å². The molecule has 0 unspecified atom stereocenters. The summed E-state index contributed by atoms with van der Waals surface area (Å²) in [6, 6.07) is 11.7. The van der Waals surface area contributed by atoms with Gasteiger partial charge in [-0.25, -0.2) is 0 Å². The lowest BCUT2D eigenvalue weighted by molar-refractivity contribution is 0.301. The topological polar surface area (TPSA) is 22.1 Å². The Bertz CT molecular complexity index is 543. The van der Waals surface area contributed by atoms with Gasteiger partial charge < -0.3 is 4.74 Å². The molecule has 0 fully saturated rings. The van der Waals surface area contributed by atoms with E-state index >= 15 is 0 Å². The van der Waals surface area contributed by atoms with Crippen LogP contribution in [0.5, 0.6) is 5.75 Å². The minimum atomic E-state index is 0.160. The Kier molecular flexibility index (Phi) is 4.11. The molecule has 100 valence electrons.